The van der Waals surface area contributed by atoms with Gasteiger partial charge in [0, 0.05) is 12.8 Å². The lowest BCUT2D eigenvalue weighted by Crippen LogP contribution is -2.64. The first-order chi connectivity index (χ1) is 26.9. The van der Waals surface area contributed by atoms with Gasteiger partial charge in [0.25, 0.3) is 0 Å². The van der Waals surface area contributed by atoms with Gasteiger partial charge in [0.15, 0.2) is 6.10 Å². The molecule has 0 aromatic rings. The second kappa shape index (κ2) is 33.4. The van der Waals surface area contributed by atoms with Crippen molar-refractivity contribution in [2.45, 2.75) is 230 Å². The highest BCUT2D eigenvalue weighted by Gasteiger charge is 2.51. The first-order valence-electron chi connectivity index (χ1n) is 22.0. The largest absolute Gasteiger partial charge is 0.472 e. The normalized spacial score (nSPS) is 22.9. The Morgan fingerprint density at radius 1 is 0.536 bits per heavy atom. The van der Waals surface area contributed by atoms with Crippen LogP contribution >= 0.6 is 7.82 Å². The number of allylic oxidation sites excluding steroid dienone is 2. The highest BCUT2D eigenvalue weighted by molar-refractivity contribution is 7.47. The van der Waals surface area contributed by atoms with Crippen LogP contribution in [0.5, 0.6) is 0 Å². The maximum Gasteiger partial charge on any atom is 0.472 e. The summed E-state index contributed by atoms with van der Waals surface area (Å²) >= 11 is 0. The Hall–Kier alpha value is -1.41. The van der Waals surface area contributed by atoms with Crippen LogP contribution in [0.2, 0.25) is 0 Å². The molecule has 0 saturated heterocycles. The van der Waals surface area contributed by atoms with Gasteiger partial charge in [0.05, 0.1) is 6.61 Å². The van der Waals surface area contributed by atoms with E-state index in [-0.39, 0.29) is 12.8 Å². The predicted octanol–water partition coefficient (Wildman–Crippen LogP) is 7.89. The maximum atomic E-state index is 12.8. The summed E-state index contributed by atoms with van der Waals surface area (Å²) in [4.78, 5) is 35.5. The highest BCUT2D eigenvalue weighted by atomic mass is 31.2. The summed E-state index contributed by atoms with van der Waals surface area (Å²) in [7, 11) is -5.11. The average molecular weight is 823 g/mol. The molecule has 0 radical (unpaired) electrons. The van der Waals surface area contributed by atoms with Gasteiger partial charge < -0.3 is 39.9 Å². The van der Waals surface area contributed by atoms with Crippen LogP contribution < -0.4 is 0 Å². The summed E-state index contributed by atoms with van der Waals surface area (Å²) in [6.45, 7) is 3.26. The third-order valence-corrected chi connectivity index (χ3v) is 11.3. The molecule has 13 nitrogen and oxygen atoms in total. The number of esters is 2. The van der Waals surface area contributed by atoms with Crippen LogP contribution in [0.1, 0.15) is 187 Å². The van der Waals surface area contributed by atoms with Crippen molar-refractivity contribution in [3.05, 3.63) is 12.2 Å². The van der Waals surface area contributed by atoms with E-state index in [0.29, 0.717) is 12.8 Å². The molecular weight excluding hydrogens is 743 g/mol. The Kier molecular flexibility index (Phi) is 31.4. The van der Waals surface area contributed by atoms with Gasteiger partial charge in [-0.3, -0.25) is 18.6 Å². The lowest BCUT2D eigenvalue weighted by Gasteiger charge is -2.41. The van der Waals surface area contributed by atoms with Gasteiger partial charge in [-0.1, -0.05) is 148 Å². The van der Waals surface area contributed by atoms with Crippen LogP contribution in [0.25, 0.3) is 0 Å². The van der Waals surface area contributed by atoms with Crippen molar-refractivity contribution in [3.63, 3.8) is 0 Å². The van der Waals surface area contributed by atoms with Crippen molar-refractivity contribution in [2.24, 2.45) is 0 Å². The first-order valence-corrected chi connectivity index (χ1v) is 23.5. The zero-order valence-corrected chi connectivity index (χ0v) is 35.6. The van der Waals surface area contributed by atoms with Gasteiger partial charge in [-0.15, -0.1) is 0 Å². The molecule has 1 aliphatic carbocycles. The molecule has 0 spiro atoms. The van der Waals surface area contributed by atoms with E-state index >= 15 is 0 Å². The summed E-state index contributed by atoms with van der Waals surface area (Å²) < 4.78 is 33.4. The Morgan fingerprint density at radius 3 is 1.38 bits per heavy atom. The fourth-order valence-electron chi connectivity index (χ4n) is 6.75. The zero-order chi connectivity index (χ0) is 41.4. The molecule has 1 aliphatic rings. The summed E-state index contributed by atoms with van der Waals surface area (Å²) in [5, 5.41) is 50.0. The number of unbranched alkanes of at least 4 members (excludes halogenated alkanes) is 22. The number of aliphatic hydroxyl groups is 5. The third kappa shape index (κ3) is 25.8. The summed E-state index contributed by atoms with van der Waals surface area (Å²) in [5.41, 5.74) is 0. The van der Waals surface area contributed by atoms with Crippen LogP contribution in [0, 0.1) is 0 Å². The van der Waals surface area contributed by atoms with Crippen LogP contribution in [0.15, 0.2) is 12.2 Å². The molecule has 1 saturated carbocycles. The lowest BCUT2D eigenvalue weighted by atomic mass is 9.85. The van der Waals surface area contributed by atoms with E-state index in [2.05, 4.69) is 26.0 Å². The number of ether oxygens (including phenoxy) is 2. The predicted molar refractivity (Wildman–Crippen MR) is 217 cm³/mol. The Morgan fingerprint density at radius 2 is 0.911 bits per heavy atom. The smallest absolute Gasteiger partial charge is 0.462 e. The van der Waals surface area contributed by atoms with Crippen molar-refractivity contribution < 1.29 is 63.1 Å². The minimum Gasteiger partial charge on any atom is -0.462 e. The number of hydrogen-bond acceptors (Lipinski definition) is 12. The molecule has 0 aliphatic heterocycles. The minimum absolute atomic E-state index is 0.0982. The SMILES string of the molecule is CCCCCC/C=C/CCCCCCCCCCCC(=O)O[C@H](COC(=O)CCCCCCCCCCCC)COP(=O)(O)OC1C(O)C(O)C(O)[C@H](O)C1O. The fourth-order valence-corrected chi connectivity index (χ4v) is 7.73. The van der Waals surface area contributed by atoms with Crippen molar-refractivity contribution in [1.29, 1.82) is 0 Å². The molecule has 14 heteroatoms. The maximum absolute atomic E-state index is 12.8. The van der Waals surface area contributed by atoms with Gasteiger partial charge in [0.2, 0.25) is 0 Å². The van der Waals surface area contributed by atoms with Gasteiger partial charge in [-0.2, -0.15) is 0 Å². The van der Waals surface area contributed by atoms with Gasteiger partial charge in [0.1, 0.15) is 43.2 Å². The Balaban J connectivity index is 2.46. The summed E-state index contributed by atoms with van der Waals surface area (Å²) in [5.74, 6) is -1.10. The number of phosphoric acid groups is 1. The molecule has 330 valence electrons. The molecular formula is C42H79O13P. The van der Waals surface area contributed by atoms with E-state index in [9.17, 15) is 44.6 Å². The Labute approximate surface area is 337 Å². The summed E-state index contributed by atoms with van der Waals surface area (Å²) in [6, 6.07) is 0. The monoisotopic (exact) mass is 823 g/mol. The number of hydrogen-bond donors (Lipinski definition) is 6. The average Bonchev–Trinajstić information content (AvgIpc) is 3.18. The van der Waals surface area contributed by atoms with E-state index in [1.807, 2.05) is 0 Å². The molecule has 0 aromatic heterocycles. The standard InChI is InChI=1S/C42H79O13P/c1-3-5-7-9-11-13-15-16-17-18-19-20-21-23-25-27-29-31-36(44)54-34(32-52-35(43)30-28-26-24-22-14-12-10-8-6-4-2)33-53-56(50,51)55-42-40(48)38(46)37(45)39(47)41(42)49/h13,15,34,37-42,45-49H,3-12,14,16-33H2,1-2H3,(H,50,51)/b15-13+/t34-,37?,38+,39?,40?,41?,42?/m1/s1. The molecule has 0 aromatic carbocycles. The fraction of sp³-hybridized carbons (Fsp3) is 0.905. The molecule has 6 unspecified atom stereocenters. The van der Waals surface area contributed by atoms with Gasteiger partial charge in [-0.25, -0.2) is 4.57 Å². The molecule has 0 bridgehead atoms. The van der Waals surface area contributed by atoms with Crippen LogP contribution in [-0.4, -0.2) is 98.3 Å². The number of rotatable bonds is 36. The van der Waals surface area contributed by atoms with Crippen LogP contribution in [0.4, 0.5) is 0 Å². The minimum atomic E-state index is -5.11. The second-order valence-electron chi connectivity index (χ2n) is 15.6. The number of carbonyl (C=O) groups excluding carboxylic acids is 2. The lowest BCUT2D eigenvalue weighted by molar-refractivity contribution is -0.220. The second-order valence-corrected chi connectivity index (χ2v) is 17.0. The van der Waals surface area contributed by atoms with Crippen molar-refractivity contribution >= 4 is 19.8 Å². The Bertz CT molecular complexity index is 1040. The molecule has 0 heterocycles. The third-order valence-electron chi connectivity index (χ3n) is 10.4. The molecule has 8 atom stereocenters. The molecule has 1 rings (SSSR count). The first kappa shape index (κ1) is 52.6. The molecule has 56 heavy (non-hydrogen) atoms. The number of aliphatic hydroxyl groups excluding tert-OH is 5. The zero-order valence-electron chi connectivity index (χ0n) is 34.7. The topological polar surface area (TPSA) is 210 Å². The van der Waals surface area contributed by atoms with Crippen molar-refractivity contribution in [3.8, 4) is 0 Å². The molecule has 1 fully saturated rings. The number of phosphoric ester groups is 1. The molecule has 0 amide bonds. The van der Waals surface area contributed by atoms with Crippen molar-refractivity contribution in [1.82, 2.24) is 0 Å². The van der Waals surface area contributed by atoms with E-state index in [1.54, 1.807) is 0 Å². The molecule has 6 N–H and O–H groups in total. The van der Waals surface area contributed by atoms with E-state index < -0.39 is 75.7 Å². The van der Waals surface area contributed by atoms with E-state index in [0.717, 1.165) is 51.4 Å². The quantitative estimate of drug-likeness (QED) is 0.0154. The van der Waals surface area contributed by atoms with Crippen LogP contribution in [-0.2, 0) is 32.7 Å². The van der Waals surface area contributed by atoms with E-state index in [1.165, 1.54) is 96.3 Å². The van der Waals surface area contributed by atoms with Gasteiger partial charge in [-0.05, 0) is 38.5 Å². The van der Waals surface area contributed by atoms with Crippen molar-refractivity contribution in [2.75, 3.05) is 13.2 Å². The highest BCUT2D eigenvalue weighted by Crippen LogP contribution is 2.47. The number of carbonyl (C=O) groups is 2. The van der Waals surface area contributed by atoms with Gasteiger partial charge >= 0.3 is 19.8 Å². The van der Waals surface area contributed by atoms with Crippen LogP contribution in [0.3, 0.4) is 0 Å². The van der Waals surface area contributed by atoms with E-state index in [4.69, 9.17) is 18.5 Å². The summed E-state index contributed by atoms with van der Waals surface area (Å²) in [6.07, 6.45) is 19.9.